The van der Waals surface area contributed by atoms with E-state index < -0.39 is 0 Å². The highest BCUT2D eigenvalue weighted by atomic mass is 35.5. The molecule has 1 aliphatic heterocycles. The lowest BCUT2D eigenvalue weighted by Crippen LogP contribution is -2.44. The molecule has 2 fully saturated rings. The third kappa shape index (κ3) is 3.63. The first-order valence-electron chi connectivity index (χ1n) is 6.33. The summed E-state index contributed by atoms with van der Waals surface area (Å²) < 4.78 is 0. The number of halogens is 1. The monoisotopic (exact) mass is 246 g/mol. The van der Waals surface area contributed by atoms with Gasteiger partial charge in [-0.05, 0) is 44.6 Å². The van der Waals surface area contributed by atoms with E-state index in [9.17, 15) is 4.79 Å². The molecule has 1 aliphatic carbocycles. The van der Waals surface area contributed by atoms with Crippen LogP contribution < -0.4 is 5.32 Å². The van der Waals surface area contributed by atoms with Crippen molar-refractivity contribution in [2.75, 3.05) is 19.6 Å². The van der Waals surface area contributed by atoms with Crippen molar-refractivity contribution < 1.29 is 4.79 Å². The van der Waals surface area contributed by atoms with E-state index in [0.717, 1.165) is 44.8 Å². The third-order valence-electron chi connectivity index (χ3n) is 3.34. The van der Waals surface area contributed by atoms with E-state index in [1.807, 2.05) is 0 Å². The molecular weight excluding hydrogens is 224 g/mol. The summed E-state index contributed by atoms with van der Waals surface area (Å²) >= 11 is 0. The molecule has 0 aromatic carbocycles. The van der Waals surface area contributed by atoms with Gasteiger partial charge in [0.25, 0.3) is 0 Å². The molecule has 0 radical (unpaired) electrons. The van der Waals surface area contributed by atoms with Gasteiger partial charge in [-0.3, -0.25) is 4.79 Å². The number of amides is 1. The van der Waals surface area contributed by atoms with Crippen molar-refractivity contribution in [3.05, 3.63) is 0 Å². The number of carbonyl (C=O) groups excluding carboxylic acids is 1. The molecule has 0 bridgehead atoms. The van der Waals surface area contributed by atoms with Crippen molar-refractivity contribution in [1.29, 1.82) is 0 Å². The number of carbonyl (C=O) groups is 1. The molecule has 0 unspecified atom stereocenters. The second kappa shape index (κ2) is 6.45. The van der Waals surface area contributed by atoms with Gasteiger partial charge in [0, 0.05) is 13.1 Å². The Morgan fingerprint density at radius 1 is 1.38 bits per heavy atom. The Labute approximate surface area is 104 Å². The summed E-state index contributed by atoms with van der Waals surface area (Å²) in [5.41, 5.74) is 0. The first-order valence-corrected chi connectivity index (χ1v) is 6.33. The lowest BCUT2D eigenvalue weighted by atomic mass is 10.2. The number of nitrogens with zero attached hydrogens (tertiary/aromatic N) is 1. The average molecular weight is 247 g/mol. The lowest BCUT2D eigenvalue weighted by Gasteiger charge is -2.25. The Morgan fingerprint density at radius 2 is 2.12 bits per heavy atom. The van der Waals surface area contributed by atoms with Crippen LogP contribution >= 0.6 is 12.4 Å². The van der Waals surface area contributed by atoms with Gasteiger partial charge in [-0.2, -0.15) is 0 Å². The average Bonchev–Trinajstić information content (AvgIpc) is 2.88. The highest BCUT2D eigenvalue weighted by molar-refractivity contribution is 5.85. The maximum absolute atomic E-state index is 12.2. The SMILES string of the molecule is CCCN(CC1CC1)C(=O)[C@@H]1CCCN1.Cl. The van der Waals surface area contributed by atoms with Gasteiger partial charge in [0.05, 0.1) is 6.04 Å². The summed E-state index contributed by atoms with van der Waals surface area (Å²) in [5.74, 6) is 1.16. The van der Waals surface area contributed by atoms with Gasteiger partial charge in [0.2, 0.25) is 5.91 Å². The Bertz CT molecular complexity index is 225. The Hall–Kier alpha value is -0.280. The summed E-state index contributed by atoms with van der Waals surface area (Å²) in [6.07, 6.45) is 5.91. The molecular formula is C12H23ClN2O. The minimum atomic E-state index is 0. The van der Waals surface area contributed by atoms with E-state index in [4.69, 9.17) is 0 Å². The van der Waals surface area contributed by atoms with Crippen LogP contribution in [0.3, 0.4) is 0 Å². The van der Waals surface area contributed by atoms with E-state index in [1.165, 1.54) is 12.8 Å². The van der Waals surface area contributed by atoms with Crippen LogP contribution in [0.2, 0.25) is 0 Å². The second-order valence-corrected chi connectivity index (χ2v) is 4.88. The van der Waals surface area contributed by atoms with Gasteiger partial charge in [0.15, 0.2) is 0 Å². The van der Waals surface area contributed by atoms with E-state index in [-0.39, 0.29) is 18.4 Å². The molecule has 1 saturated heterocycles. The predicted octanol–water partition coefficient (Wildman–Crippen LogP) is 1.81. The summed E-state index contributed by atoms with van der Waals surface area (Å²) in [6, 6.07) is 0.121. The first-order chi connectivity index (χ1) is 7.31. The zero-order chi connectivity index (χ0) is 10.7. The maximum Gasteiger partial charge on any atom is 0.239 e. The van der Waals surface area contributed by atoms with Crippen LogP contribution in [-0.4, -0.2) is 36.5 Å². The van der Waals surface area contributed by atoms with Crippen LogP contribution in [0.5, 0.6) is 0 Å². The molecule has 1 saturated carbocycles. The van der Waals surface area contributed by atoms with Crippen LogP contribution in [0.4, 0.5) is 0 Å². The number of hydrogen-bond acceptors (Lipinski definition) is 2. The van der Waals surface area contributed by atoms with Crippen LogP contribution in [0, 0.1) is 5.92 Å². The quantitative estimate of drug-likeness (QED) is 0.803. The van der Waals surface area contributed by atoms with Crippen LogP contribution in [0.25, 0.3) is 0 Å². The standard InChI is InChI=1S/C12H22N2O.ClH/c1-2-8-14(9-10-5-6-10)12(15)11-4-3-7-13-11;/h10-11,13H,2-9H2,1H3;1H/t11-;/m0./s1. The molecule has 1 amide bonds. The summed E-state index contributed by atoms with van der Waals surface area (Å²) in [4.78, 5) is 14.2. The normalized spacial score (nSPS) is 23.9. The molecule has 0 aromatic rings. The van der Waals surface area contributed by atoms with Crippen molar-refractivity contribution >= 4 is 18.3 Å². The Morgan fingerprint density at radius 3 is 2.62 bits per heavy atom. The van der Waals surface area contributed by atoms with Crippen molar-refractivity contribution in [3.63, 3.8) is 0 Å². The largest absolute Gasteiger partial charge is 0.341 e. The molecule has 1 N–H and O–H groups in total. The molecule has 2 aliphatic rings. The zero-order valence-electron chi connectivity index (χ0n) is 10.1. The van der Waals surface area contributed by atoms with Gasteiger partial charge >= 0.3 is 0 Å². The van der Waals surface area contributed by atoms with Gasteiger partial charge in [-0.15, -0.1) is 12.4 Å². The van der Waals surface area contributed by atoms with Gasteiger partial charge in [-0.25, -0.2) is 0 Å². The van der Waals surface area contributed by atoms with Gasteiger partial charge in [0.1, 0.15) is 0 Å². The summed E-state index contributed by atoms with van der Waals surface area (Å²) in [7, 11) is 0. The Balaban J connectivity index is 0.00000128. The molecule has 1 atom stereocenters. The first kappa shape index (κ1) is 13.8. The molecule has 94 valence electrons. The maximum atomic E-state index is 12.2. The summed E-state index contributed by atoms with van der Waals surface area (Å²) in [5, 5.41) is 3.30. The van der Waals surface area contributed by atoms with Crippen molar-refractivity contribution in [1.82, 2.24) is 10.2 Å². The predicted molar refractivity (Wildman–Crippen MR) is 67.9 cm³/mol. The van der Waals surface area contributed by atoms with Crippen LogP contribution in [-0.2, 0) is 4.79 Å². The molecule has 3 nitrogen and oxygen atoms in total. The fourth-order valence-electron chi connectivity index (χ4n) is 2.29. The highest BCUT2D eigenvalue weighted by Gasteiger charge is 2.30. The number of hydrogen-bond donors (Lipinski definition) is 1. The smallest absolute Gasteiger partial charge is 0.239 e. The number of rotatable bonds is 5. The fourth-order valence-corrected chi connectivity index (χ4v) is 2.29. The van der Waals surface area contributed by atoms with Crippen LogP contribution in [0.1, 0.15) is 39.0 Å². The zero-order valence-corrected chi connectivity index (χ0v) is 10.9. The molecule has 0 spiro atoms. The number of nitrogens with one attached hydrogen (secondary N) is 1. The highest BCUT2D eigenvalue weighted by Crippen LogP contribution is 2.30. The molecule has 2 rings (SSSR count). The van der Waals surface area contributed by atoms with Crippen molar-refractivity contribution in [2.45, 2.75) is 45.1 Å². The van der Waals surface area contributed by atoms with Crippen molar-refractivity contribution in [3.8, 4) is 0 Å². The fraction of sp³-hybridized carbons (Fsp3) is 0.917. The van der Waals surface area contributed by atoms with E-state index in [1.54, 1.807) is 0 Å². The minimum Gasteiger partial charge on any atom is -0.341 e. The minimum absolute atomic E-state index is 0. The molecule has 16 heavy (non-hydrogen) atoms. The second-order valence-electron chi connectivity index (χ2n) is 4.88. The topological polar surface area (TPSA) is 32.3 Å². The lowest BCUT2D eigenvalue weighted by molar-refractivity contribution is -0.133. The van der Waals surface area contributed by atoms with E-state index in [2.05, 4.69) is 17.1 Å². The molecule has 4 heteroatoms. The Kier molecular flexibility index (Phi) is 5.56. The summed E-state index contributed by atoms with van der Waals surface area (Å²) in [6.45, 7) is 5.10. The third-order valence-corrected chi connectivity index (χ3v) is 3.34. The van der Waals surface area contributed by atoms with Crippen LogP contribution in [0.15, 0.2) is 0 Å². The molecule has 1 heterocycles. The van der Waals surface area contributed by atoms with Gasteiger partial charge < -0.3 is 10.2 Å². The van der Waals surface area contributed by atoms with E-state index in [0.29, 0.717) is 5.91 Å². The molecule has 0 aromatic heterocycles. The van der Waals surface area contributed by atoms with Gasteiger partial charge in [-0.1, -0.05) is 6.92 Å². The van der Waals surface area contributed by atoms with Crippen molar-refractivity contribution in [2.24, 2.45) is 5.92 Å². The van der Waals surface area contributed by atoms with E-state index >= 15 is 0 Å².